The molecule has 1 aromatic heterocycles. The lowest BCUT2D eigenvalue weighted by Crippen LogP contribution is -2.21. The highest BCUT2D eigenvalue weighted by molar-refractivity contribution is 5.89. The molecule has 1 unspecified atom stereocenters. The summed E-state index contributed by atoms with van der Waals surface area (Å²) in [5.74, 6) is 0.994. The number of nitrogens with two attached hydrogens (primary N) is 1. The molecular formula is C13H18N4O. The molecule has 5 heteroatoms. The number of nitrogens with one attached hydrogen (secondary N) is 1. The van der Waals surface area contributed by atoms with E-state index < -0.39 is 0 Å². The Labute approximate surface area is 106 Å². The van der Waals surface area contributed by atoms with Crippen molar-refractivity contribution in [2.24, 2.45) is 0 Å². The van der Waals surface area contributed by atoms with Gasteiger partial charge in [0.15, 0.2) is 0 Å². The fraction of sp³-hybridized carbons (Fsp3) is 0.385. The minimum Gasteiger partial charge on any atom is -0.396 e. The number of nitrogen functional groups attached to an aromatic ring is 1. The first kappa shape index (κ1) is 12.6. The maximum absolute atomic E-state index is 9.02. The molecule has 96 valence electrons. The molecule has 2 aromatic rings. The first-order chi connectivity index (χ1) is 8.74. The highest BCUT2D eigenvalue weighted by Gasteiger charge is 2.10. The summed E-state index contributed by atoms with van der Waals surface area (Å²) in [6.07, 6.45) is 1.60. The molecule has 0 aliphatic heterocycles. The smallest absolute Gasteiger partial charge is 0.222 e. The van der Waals surface area contributed by atoms with Crippen molar-refractivity contribution in [2.45, 2.75) is 25.8 Å². The van der Waals surface area contributed by atoms with Crippen LogP contribution in [0.2, 0.25) is 0 Å². The zero-order chi connectivity index (χ0) is 13.0. The van der Waals surface area contributed by atoms with Crippen molar-refractivity contribution in [1.82, 2.24) is 9.97 Å². The minimum absolute atomic E-state index is 0.157. The van der Waals surface area contributed by atoms with E-state index in [-0.39, 0.29) is 18.6 Å². The van der Waals surface area contributed by atoms with Crippen molar-refractivity contribution < 1.29 is 5.11 Å². The van der Waals surface area contributed by atoms with Crippen LogP contribution in [0.3, 0.4) is 0 Å². The van der Waals surface area contributed by atoms with Crippen LogP contribution < -0.4 is 11.1 Å². The van der Waals surface area contributed by atoms with E-state index in [0.29, 0.717) is 6.42 Å². The van der Waals surface area contributed by atoms with Gasteiger partial charge in [-0.25, -0.2) is 4.98 Å². The van der Waals surface area contributed by atoms with E-state index in [1.807, 2.05) is 24.3 Å². The monoisotopic (exact) mass is 246 g/mol. The highest BCUT2D eigenvalue weighted by atomic mass is 16.3. The second-order valence-electron chi connectivity index (χ2n) is 4.21. The summed E-state index contributed by atoms with van der Waals surface area (Å²) >= 11 is 0. The van der Waals surface area contributed by atoms with E-state index >= 15 is 0 Å². The standard InChI is InChI=1S/C13H18N4O/c1-2-9(7-8-18)15-12-10-5-3-4-6-11(10)16-13(14)17-12/h3-6,9,18H,2,7-8H2,1H3,(H3,14,15,16,17). The second-order valence-corrected chi connectivity index (χ2v) is 4.21. The number of para-hydroxylation sites is 1. The number of nitrogens with zero attached hydrogens (tertiary/aromatic N) is 2. The fourth-order valence-electron chi connectivity index (χ4n) is 1.93. The molecule has 2 rings (SSSR count). The van der Waals surface area contributed by atoms with Crippen molar-refractivity contribution >= 4 is 22.7 Å². The topological polar surface area (TPSA) is 84.1 Å². The Morgan fingerprint density at radius 2 is 2.11 bits per heavy atom. The third-order valence-electron chi connectivity index (χ3n) is 2.93. The molecule has 0 amide bonds. The van der Waals surface area contributed by atoms with E-state index in [0.717, 1.165) is 23.1 Å². The van der Waals surface area contributed by atoms with E-state index in [1.54, 1.807) is 0 Å². The van der Waals surface area contributed by atoms with Gasteiger partial charge in [0, 0.05) is 18.0 Å². The Balaban J connectivity index is 2.37. The van der Waals surface area contributed by atoms with Gasteiger partial charge in [-0.15, -0.1) is 0 Å². The van der Waals surface area contributed by atoms with E-state index in [2.05, 4.69) is 22.2 Å². The van der Waals surface area contributed by atoms with Gasteiger partial charge in [-0.1, -0.05) is 19.1 Å². The predicted octanol–water partition coefficient (Wildman–Crippen LogP) is 1.78. The van der Waals surface area contributed by atoms with Crippen molar-refractivity contribution in [1.29, 1.82) is 0 Å². The molecule has 4 N–H and O–H groups in total. The number of hydrogen-bond acceptors (Lipinski definition) is 5. The lowest BCUT2D eigenvalue weighted by Gasteiger charge is -2.17. The van der Waals surface area contributed by atoms with Crippen molar-refractivity contribution in [3.05, 3.63) is 24.3 Å². The molecule has 0 aliphatic carbocycles. The van der Waals surface area contributed by atoms with Crippen LogP contribution in [0.4, 0.5) is 11.8 Å². The minimum atomic E-state index is 0.157. The van der Waals surface area contributed by atoms with Crippen LogP contribution in [-0.4, -0.2) is 27.7 Å². The number of hydrogen-bond donors (Lipinski definition) is 3. The van der Waals surface area contributed by atoms with Gasteiger partial charge in [0.05, 0.1) is 5.52 Å². The zero-order valence-electron chi connectivity index (χ0n) is 10.4. The summed E-state index contributed by atoms with van der Waals surface area (Å²) in [4.78, 5) is 8.44. The summed E-state index contributed by atoms with van der Waals surface area (Å²) in [6, 6.07) is 7.92. The first-order valence-corrected chi connectivity index (χ1v) is 6.14. The van der Waals surface area contributed by atoms with Gasteiger partial charge >= 0.3 is 0 Å². The Morgan fingerprint density at radius 3 is 2.83 bits per heavy atom. The number of fused-ring (bicyclic) bond motifs is 1. The van der Waals surface area contributed by atoms with Crippen molar-refractivity contribution in [3.63, 3.8) is 0 Å². The summed E-state index contributed by atoms with van der Waals surface area (Å²) in [6.45, 7) is 2.23. The fourth-order valence-corrected chi connectivity index (χ4v) is 1.93. The number of benzene rings is 1. The molecule has 0 fully saturated rings. The van der Waals surface area contributed by atoms with Gasteiger partial charge in [-0.2, -0.15) is 4.98 Å². The molecule has 1 aromatic carbocycles. The molecule has 5 nitrogen and oxygen atoms in total. The van der Waals surface area contributed by atoms with E-state index in [9.17, 15) is 0 Å². The Hall–Kier alpha value is -1.88. The van der Waals surface area contributed by atoms with E-state index in [1.165, 1.54) is 0 Å². The maximum atomic E-state index is 9.02. The normalized spacial score (nSPS) is 12.6. The van der Waals surface area contributed by atoms with Crippen LogP contribution >= 0.6 is 0 Å². The van der Waals surface area contributed by atoms with Crippen LogP contribution in [0.5, 0.6) is 0 Å². The third kappa shape index (κ3) is 2.68. The molecule has 0 saturated carbocycles. The molecule has 0 saturated heterocycles. The largest absolute Gasteiger partial charge is 0.396 e. The molecule has 0 radical (unpaired) electrons. The van der Waals surface area contributed by atoms with Crippen molar-refractivity contribution in [2.75, 3.05) is 17.7 Å². The number of rotatable bonds is 5. The summed E-state index contributed by atoms with van der Waals surface area (Å²) in [5, 5.41) is 13.3. The van der Waals surface area contributed by atoms with Crippen LogP contribution in [0.1, 0.15) is 19.8 Å². The number of anilines is 2. The van der Waals surface area contributed by atoms with Crippen LogP contribution in [0.25, 0.3) is 10.9 Å². The lowest BCUT2D eigenvalue weighted by molar-refractivity contribution is 0.278. The molecule has 18 heavy (non-hydrogen) atoms. The van der Waals surface area contributed by atoms with Gasteiger partial charge in [0.25, 0.3) is 0 Å². The molecular weight excluding hydrogens is 228 g/mol. The van der Waals surface area contributed by atoms with E-state index in [4.69, 9.17) is 10.8 Å². The maximum Gasteiger partial charge on any atom is 0.222 e. The molecule has 1 heterocycles. The summed E-state index contributed by atoms with van der Waals surface area (Å²) in [5.41, 5.74) is 6.53. The first-order valence-electron chi connectivity index (χ1n) is 6.14. The van der Waals surface area contributed by atoms with Gasteiger partial charge in [-0.05, 0) is 25.0 Å². The molecule has 0 spiro atoms. The lowest BCUT2D eigenvalue weighted by atomic mass is 10.1. The second kappa shape index (κ2) is 5.64. The van der Waals surface area contributed by atoms with Gasteiger partial charge < -0.3 is 16.2 Å². The van der Waals surface area contributed by atoms with Gasteiger partial charge in [0.1, 0.15) is 5.82 Å². The zero-order valence-corrected chi connectivity index (χ0v) is 10.4. The van der Waals surface area contributed by atoms with Gasteiger partial charge in [0.2, 0.25) is 5.95 Å². The molecule has 1 atom stereocenters. The Kier molecular flexibility index (Phi) is 3.94. The SMILES string of the molecule is CCC(CCO)Nc1nc(N)nc2ccccc12. The third-order valence-corrected chi connectivity index (χ3v) is 2.93. The number of aliphatic hydroxyl groups is 1. The average molecular weight is 246 g/mol. The van der Waals surface area contributed by atoms with Crippen LogP contribution in [-0.2, 0) is 0 Å². The quantitative estimate of drug-likeness (QED) is 0.749. The summed E-state index contributed by atoms with van der Waals surface area (Å²) in [7, 11) is 0. The molecule has 0 bridgehead atoms. The summed E-state index contributed by atoms with van der Waals surface area (Å²) < 4.78 is 0. The number of aromatic nitrogens is 2. The molecule has 0 aliphatic rings. The van der Waals surface area contributed by atoms with Crippen LogP contribution in [0.15, 0.2) is 24.3 Å². The van der Waals surface area contributed by atoms with Crippen LogP contribution in [0, 0.1) is 0 Å². The Bertz CT molecular complexity index is 529. The van der Waals surface area contributed by atoms with Gasteiger partial charge in [-0.3, -0.25) is 0 Å². The number of aliphatic hydroxyl groups excluding tert-OH is 1. The average Bonchev–Trinajstić information content (AvgIpc) is 2.38. The van der Waals surface area contributed by atoms with Crippen molar-refractivity contribution in [3.8, 4) is 0 Å². The highest BCUT2D eigenvalue weighted by Crippen LogP contribution is 2.22. The predicted molar refractivity (Wildman–Crippen MR) is 73.4 cm³/mol. The Morgan fingerprint density at radius 1 is 1.33 bits per heavy atom.